The second kappa shape index (κ2) is 5.04. The van der Waals surface area contributed by atoms with Gasteiger partial charge in [-0.2, -0.15) is 0 Å². The van der Waals surface area contributed by atoms with Gasteiger partial charge in [-0.25, -0.2) is 0 Å². The lowest BCUT2D eigenvalue weighted by Gasteiger charge is -2.00. The molecule has 0 aliphatic carbocycles. The first-order valence-electron chi connectivity index (χ1n) is 6.16. The normalized spacial score (nSPS) is 13.4. The van der Waals surface area contributed by atoms with Crippen molar-refractivity contribution in [3.8, 4) is 16.3 Å². The molecule has 4 nitrogen and oxygen atoms in total. The van der Waals surface area contributed by atoms with Gasteiger partial charge in [-0.1, -0.05) is 18.3 Å². The van der Waals surface area contributed by atoms with E-state index in [1.54, 1.807) is 11.3 Å². The Morgan fingerprint density at radius 1 is 1.39 bits per heavy atom. The van der Waals surface area contributed by atoms with Crippen LogP contribution in [0.1, 0.15) is 17.5 Å². The summed E-state index contributed by atoms with van der Waals surface area (Å²) in [4.78, 5) is 0. The second-order valence-electron chi connectivity index (χ2n) is 4.20. The molecule has 0 atom stereocenters. The van der Waals surface area contributed by atoms with Crippen LogP contribution in [0.2, 0.25) is 0 Å². The molecule has 0 spiro atoms. The molecule has 1 N–H and O–H groups in total. The van der Waals surface area contributed by atoms with Crippen molar-refractivity contribution < 1.29 is 4.74 Å². The summed E-state index contributed by atoms with van der Waals surface area (Å²) in [5, 5.41) is 13.7. The fraction of sp³-hybridized carbons (Fsp3) is 0.385. The largest absolute Gasteiger partial charge is 0.493 e. The highest BCUT2D eigenvalue weighted by atomic mass is 32.1. The Kier molecular flexibility index (Phi) is 3.25. The Morgan fingerprint density at radius 2 is 2.33 bits per heavy atom. The molecule has 94 valence electrons. The highest BCUT2D eigenvalue weighted by molar-refractivity contribution is 7.14. The van der Waals surface area contributed by atoms with Crippen LogP contribution in [0.15, 0.2) is 18.2 Å². The van der Waals surface area contributed by atoms with Gasteiger partial charge in [0, 0.05) is 18.5 Å². The molecule has 0 saturated heterocycles. The van der Waals surface area contributed by atoms with Gasteiger partial charge in [0.2, 0.25) is 0 Å². The number of hydrogen-bond donors (Lipinski definition) is 1. The summed E-state index contributed by atoms with van der Waals surface area (Å²) in [6.07, 6.45) is 0.992. The summed E-state index contributed by atoms with van der Waals surface area (Å²) >= 11 is 1.65. The van der Waals surface area contributed by atoms with Crippen molar-refractivity contribution in [1.29, 1.82) is 0 Å². The quantitative estimate of drug-likeness (QED) is 0.917. The molecule has 0 radical (unpaired) electrons. The third kappa shape index (κ3) is 2.23. The second-order valence-corrected chi connectivity index (χ2v) is 5.26. The number of nitrogens with one attached hydrogen (secondary N) is 1. The summed E-state index contributed by atoms with van der Waals surface area (Å²) in [6.45, 7) is 4.62. The van der Waals surface area contributed by atoms with Crippen LogP contribution < -0.4 is 10.1 Å². The first-order valence-corrected chi connectivity index (χ1v) is 6.97. The van der Waals surface area contributed by atoms with Crippen LogP contribution in [0.25, 0.3) is 10.6 Å². The molecule has 0 amide bonds. The molecule has 1 aliphatic rings. The van der Waals surface area contributed by atoms with E-state index in [4.69, 9.17) is 4.74 Å². The summed E-state index contributed by atoms with van der Waals surface area (Å²) in [5.74, 6) is 1.01. The molecule has 1 aromatic heterocycles. The molecule has 2 heterocycles. The topological polar surface area (TPSA) is 47.0 Å². The third-order valence-corrected chi connectivity index (χ3v) is 3.90. The summed E-state index contributed by atoms with van der Waals surface area (Å²) < 4.78 is 5.50. The van der Waals surface area contributed by atoms with Gasteiger partial charge in [-0.15, -0.1) is 10.2 Å². The van der Waals surface area contributed by atoms with Gasteiger partial charge in [0.15, 0.2) is 0 Å². The smallest absolute Gasteiger partial charge is 0.147 e. The molecule has 3 rings (SSSR count). The average Bonchev–Trinajstić information content (AvgIpc) is 3.04. The molecule has 2 aromatic rings. The minimum absolute atomic E-state index is 0.792. The molecule has 0 bridgehead atoms. The van der Waals surface area contributed by atoms with Crippen molar-refractivity contribution in [3.63, 3.8) is 0 Å². The van der Waals surface area contributed by atoms with Gasteiger partial charge < -0.3 is 10.1 Å². The zero-order valence-electron chi connectivity index (χ0n) is 10.3. The zero-order chi connectivity index (χ0) is 12.4. The number of rotatable bonds is 4. The minimum atomic E-state index is 0.792. The maximum atomic E-state index is 5.50. The molecule has 1 aliphatic heterocycles. The van der Waals surface area contributed by atoms with E-state index in [0.29, 0.717) is 0 Å². The Labute approximate surface area is 110 Å². The van der Waals surface area contributed by atoms with Crippen LogP contribution in [0.3, 0.4) is 0 Å². The fourth-order valence-electron chi connectivity index (χ4n) is 1.99. The van der Waals surface area contributed by atoms with Crippen molar-refractivity contribution in [2.45, 2.75) is 19.9 Å². The molecule has 0 saturated carbocycles. The predicted molar refractivity (Wildman–Crippen MR) is 71.9 cm³/mol. The molecular weight excluding hydrogens is 246 g/mol. The fourth-order valence-corrected chi connectivity index (χ4v) is 2.80. The third-order valence-electron chi connectivity index (χ3n) is 2.93. The molecular formula is C13H15N3OS. The van der Waals surface area contributed by atoms with Gasteiger partial charge >= 0.3 is 0 Å². The van der Waals surface area contributed by atoms with Crippen LogP contribution in [-0.2, 0) is 13.0 Å². The Morgan fingerprint density at radius 3 is 3.22 bits per heavy atom. The van der Waals surface area contributed by atoms with Gasteiger partial charge in [0.05, 0.1) is 6.61 Å². The van der Waals surface area contributed by atoms with Crippen molar-refractivity contribution >= 4 is 11.3 Å². The number of hydrogen-bond acceptors (Lipinski definition) is 5. The molecule has 0 fully saturated rings. The van der Waals surface area contributed by atoms with E-state index in [0.717, 1.165) is 47.4 Å². The van der Waals surface area contributed by atoms with Gasteiger partial charge in [0.25, 0.3) is 0 Å². The molecule has 18 heavy (non-hydrogen) atoms. The lowest BCUT2D eigenvalue weighted by Crippen LogP contribution is -2.11. The SMILES string of the molecule is CCNCc1nnc(-c2ccc3c(c2)CCO3)s1. The monoisotopic (exact) mass is 261 g/mol. The van der Waals surface area contributed by atoms with Gasteiger partial charge in [0.1, 0.15) is 15.8 Å². The lowest BCUT2D eigenvalue weighted by atomic mass is 10.1. The van der Waals surface area contributed by atoms with Gasteiger partial charge in [-0.05, 0) is 30.3 Å². The predicted octanol–water partition coefficient (Wildman–Crippen LogP) is 2.25. The van der Waals surface area contributed by atoms with Crippen LogP contribution >= 0.6 is 11.3 Å². The Balaban J connectivity index is 1.83. The first-order chi connectivity index (χ1) is 8.86. The highest BCUT2D eigenvalue weighted by Gasteiger charge is 2.14. The van der Waals surface area contributed by atoms with E-state index in [9.17, 15) is 0 Å². The van der Waals surface area contributed by atoms with Crippen LogP contribution in [-0.4, -0.2) is 23.3 Å². The van der Waals surface area contributed by atoms with E-state index >= 15 is 0 Å². The van der Waals surface area contributed by atoms with Crippen LogP contribution in [0.4, 0.5) is 0 Å². The van der Waals surface area contributed by atoms with Crippen molar-refractivity contribution in [2.24, 2.45) is 0 Å². The number of aromatic nitrogens is 2. The van der Waals surface area contributed by atoms with Crippen molar-refractivity contribution in [2.75, 3.05) is 13.2 Å². The standard InChI is InChI=1S/C13H15N3OS/c1-2-14-8-12-15-16-13(18-12)10-3-4-11-9(7-10)5-6-17-11/h3-4,7,14H,2,5-6,8H2,1H3. The van der Waals surface area contributed by atoms with E-state index in [1.165, 1.54) is 5.56 Å². The maximum Gasteiger partial charge on any atom is 0.147 e. The molecule has 5 heteroatoms. The molecule has 1 aromatic carbocycles. The molecule has 0 unspecified atom stereocenters. The van der Waals surface area contributed by atoms with Crippen molar-refractivity contribution in [3.05, 3.63) is 28.8 Å². The number of fused-ring (bicyclic) bond motifs is 1. The Hall–Kier alpha value is -1.46. The maximum absolute atomic E-state index is 5.50. The van der Waals surface area contributed by atoms with E-state index < -0.39 is 0 Å². The summed E-state index contributed by atoms with van der Waals surface area (Å²) in [7, 11) is 0. The lowest BCUT2D eigenvalue weighted by molar-refractivity contribution is 0.357. The number of ether oxygens (including phenoxy) is 1. The average molecular weight is 261 g/mol. The Bertz CT molecular complexity index is 553. The number of nitrogens with zero attached hydrogens (tertiary/aromatic N) is 2. The van der Waals surface area contributed by atoms with Crippen molar-refractivity contribution in [1.82, 2.24) is 15.5 Å². The first kappa shape index (κ1) is 11.6. The summed E-state index contributed by atoms with van der Waals surface area (Å²) in [6, 6.07) is 6.25. The van der Waals surface area contributed by atoms with Crippen LogP contribution in [0, 0.1) is 0 Å². The van der Waals surface area contributed by atoms with E-state index in [2.05, 4.69) is 34.6 Å². The van der Waals surface area contributed by atoms with Crippen LogP contribution in [0.5, 0.6) is 5.75 Å². The van der Waals surface area contributed by atoms with Gasteiger partial charge in [-0.3, -0.25) is 0 Å². The summed E-state index contributed by atoms with van der Waals surface area (Å²) in [5.41, 5.74) is 2.41. The number of benzene rings is 1. The minimum Gasteiger partial charge on any atom is -0.493 e. The zero-order valence-corrected chi connectivity index (χ0v) is 11.1. The van der Waals surface area contributed by atoms with E-state index in [1.807, 2.05) is 6.07 Å². The highest BCUT2D eigenvalue weighted by Crippen LogP contribution is 2.31. The van der Waals surface area contributed by atoms with E-state index in [-0.39, 0.29) is 0 Å².